The average Bonchev–Trinajstić information content (AvgIpc) is 2.69. The molecule has 0 aliphatic carbocycles. The third-order valence-corrected chi connectivity index (χ3v) is 3.04. The minimum atomic E-state index is -0.125. The minimum Gasteiger partial charge on any atom is -0.396 e. The maximum absolute atomic E-state index is 12.0. The van der Waals surface area contributed by atoms with Crippen molar-refractivity contribution >= 4 is 17.5 Å². The van der Waals surface area contributed by atoms with Crippen molar-refractivity contribution in [2.24, 2.45) is 5.92 Å². The molecular formula is C13H21ClN2O2. The van der Waals surface area contributed by atoms with Gasteiger partial charge in [0.1, 0.15) is 5.69 Å². The Labute approximate surface area is 113 Å². The molecule has 18 heavy (non-hydrogen) atoms. The Hall–Kier alpha value is -1.00. The van der Waals surface area contributed by atoms with Gasteiger partial charge in [0.05, 0.1) is 5.02 Å². The van der Waals surface area contributed by atoms with Crippen LogP contribution in [0.1, 0.15) is 43.7 Å². The largest absolute Gasteiger partial charge is 0.396 e. The van der Waals surface area contributed by atoms with Gasteiger partial charge in [0.15, 0.2) is 0 Å². The van der Waals surface area contributed by atoms with Gasteiger partial charge in [-0.3, -0.25) is 4.79 Å². The summed E-state index contributed by atoms with van der Waals surface area (Å²) in [6, 6.07) is 1.86. The standard InChI is InChI=1S/C13H21ClN2O2/c1-9(2)16-8-11(14)6-12(16)13(18)15-7-10(3)4-5-17/h6,8-10,17H,4-5,7H2,1-3H3,(H,15,18). The van der Waals surface area contributed by atoms with E-state index in [1.807, 2.05) is 25.3 Å². The molecule has 102 valence electrons. The molecule has 1 atom stereocenters. The Morgan fingerprint density at radius 3 is 2.72 bits per heavy atom. The van der Waals surface area contributed by atoms with Gasteiger partial charge in [0.25, 0.3) is 5.91 Å². The molecule has 1 aromatic heterocycles. The molecule has 0 aliphatic rings. The highest BCUT2D eigenvalue weighted by molar-refractivity contribution is 6.31. The van der Waals surface area contributed by atoms with E-state index in [0.29, 0.717) is 23.7 Å². The highest BCUT2D eigenvalue weighted by atomic mass is 35.5. The third kappa shape index (κ3) is 4.03. The number of halogens is 1. The zero-order valence-corrected chi connectivity index (χ0v) is 11.9. The number of aliphatic hydroxyl groups excluding tert-OH is 1. The van der Waals surface area contributed by atoms with Crippen LogP contribution >= 0.6 is 11.6 Å². The maximum atomic E-state index is 12.0. The molecule has 0 saturated carbocycles. The van der Waals surface area contributed by atoms with Crippen molar-refractivity contribution in [1.82, 2.24) is 9.88 Å². The second-order valence-electron chi connectivity index (χ2n) is 4.87. The molecule has 1 rings (SSSR count). The van der Waals surface area contributed by atoms with Gasteiger partial charge in [0, 0.05) is 25.4 Å². The van der Waals surface area contributed by atoms with Gasteiger partial charge in [-0.2, -0.15) is 0 Å². The van der Waals surface area contributed by atoms with Crippen molar-refractivity contribution in [1.29, 1.82) is 0 Å². The minimum absolute atomic E-state index is 0.125. The molecule has 4 nitrogen and oxygen atoms in total. The summed E-state index contributed by atoms with van der Waals surface area (Å²) < 4.78 is 1.86. The molecule has 0 aliphatic heterocycles. The van der Waals surface area contributed by atoms with Crippen LogP contribution in [0.3, 0.4) is 0 Å². The van der Waals surface area contributed by atoms with Crippen LogP contribution in [0.4, 0.5) is 0 Å². The van der Waals surface area contributed by atoms with E-state index >= 15 is 0 Å². The van der Waals surface area contributed by atoms with Gasteiger partial charge in [-0.1, -0.05) is 18.5 Å². The third-order valence-electron chi connectivity index (χ3n) is 2.84. The summed E-state index contributed by atoms with van der Waals surface area (Å²) in [6.45, 7) is 6.69. The molecule has 0 bridgehead atoms. The topological polar surface area (TPSA) is 54.3 Å². The fraction of sp³-hybridized carbons (Fsp3) is 0.615. The number of aliphatic hydroxyl groups is 1. The summed E-state index contributed by atoms with van der Waals surface area (Å²) in [7, 11) is 0. The molecule has 5 heteroatoms. The van der Waals surface area contributed by atoms with Crippen LogP contribution in [0.15, 0.2) is 12.3 Å². The van der Waals surface area contributed by atoms with Gasteiger partial charge in [-0.25, -0.2) is 0 Å². The summed E-state index contributed by atoms with van der Waals surface area (Å²) >= 11 is 5.93. The second kappa shape index (κ2) is 6.81. The van der Waals surface area contributed by atoms with Crippen LogP contribution in [0.2, 0.25) is 5.02 Å². The molecule has 0 spiro atoms. The number of carbonyl (C=O) groups is 1. The Morgan fingerprint density at radius 2 is 2.17 bits per heavy atom. The first kappa shape index (κ1) is 15.1. The maximum Gasteiger partial charge on any atom is 0.267 e. The number of nitrogens with one attached hydrogen (secondary N) is 1. The lowest BCUT2D eigenvalue weighted by molar-refractivity contribution is 0.0934. The number of hydrogen-bond acceptors (Lipinski definition) is 2. The Balaban J connectivity index is 2.66. The highest BCUT2D eigenvalue weighted by Crippen LogP contribution is 2.18. The average molecular weight is 273 g/mol. The quantitative estimate of drug-likeness (QED) is 0.836. The fourth-order valence-corrected chi connectivity index (χ4v) is 1.94. The smallest absolute Gasteiger partial charge is 0.267 e. The van der Waals surface area contributed by atoms with E-state index in [4.69, 9.17) is 16.7 Å². The van der Waals surface area contributed by atoms with Crippen molar-refractivity contribution in [2.45, 2.75) is 33.2 Å². The van der Waals surface area contributed by atoms with E-state index in [1.54, 1.807) is 12.3 Å². The summed E-state index contributed by atoms with van der Waals surface area (Å²) in [6.07, 6.45) is 2.45. The van der Waals surface area contributed by atoms with Crippen molar-refractivity contribution in [3.63, 3.8) is 0 Å². The van der Waals surface area contributed by atoms with Crippen molar-refractivity contribution in [3.8, 4) is 0 Å². The Morgan fingerprint density at radius 1 is 1.50 bits per heavy atom. The van der Waals surface area contributed by atoms with Crippen molar-refractivity contribution in [3.05, 3.63) is 23.0 Å². The lowest BCUT2D eigenvalue weighted by Gasteiger charge is -2.14. The van der Waals surface area contributed by atoms with E-state index in [2.05, 4.69) is 5.32 Å². The van der Waals surface area contributed by atoms with E-state index in [0.717, 1.165) is 0 Å². The molecule has 0 aromatic carbocycles. The van der Waals surface area contributed by atoms with Crippen LogP contribution in [-0.2, 0) is 0 Å². The van der Waals surface area contributed by atoms with Crippen LogP contribution in [0.5, 0.6) is 0 Å². The summed E-state index contributed by atoms with van der Waals surface area (Å²) in [4.78, 5) is 12.0. The molecule has 1 heterocycles. The molecule has 1 aromatic rings. The number of hydrogen-bond donors (Lipinski definition) is 2. The molecule has 1 amide bonds. The summed E-state index contributed by atoms with van der Waals surface area (Å²) in [5.74, 6) is 0.136. The van der Waals surface area contributed by atoms with Gasteiger partial charge in [-0.05, 0) is 32.3 Å². The first-order valence-corrected chi connectivity index (χ1v) is 6.60. The number of nitrogens with zero attached hydrogens (tertiary/aromatic N) is 1. The Kier molecular flexibility index (Phi) is 5.69. The van der Waals surface area contributed by atoms with E-state index in [1.165, 1.54) is 0 Å². The van der Waals surface area contributed by atoms with Crippen molar-refractivity contribution < 1.29 is 9.90 Å². The molecule has 0 saturated heterocycles. The predicted molar refractivity (Wildman–Crippen MR) is 73.0 cm³/mol. The lowest BCUT2D eigenvalue weighted by atomic mass is 10.1. The fourth-order valence-electron chi connectivity index (χ4n) is 1.73. The SMILES string of the molecule is CC(CCO)CNC(=O)c1cc(Cl)cn1C(C)C. The van der Waals surface area contributed by atoms with E-state index in [-0.39, 0.29) is 24.5 Å². The molecule has 0 radical (unpaired) electrons. The molecule has 0 fully saturated rings. The number of rotatable bonds is 6. The lowest BCUT2D eigenvalue weighted by Crippen LogP contribution is -2.30. The normalized spacial score (nSPS) is 12.8. The first-order chi connectivity index (χ1) is 8.45. The van der Waals surface area contributed by atoms with Crippen LogP contribution < -0.4 is 5.32 Å². The molecule has 2 N–H and O–H groups in total. The molecule has 1 unspecified atom stereocenters. The van der Waals surface area contributed by atoms with Crippen LogP contribution in [0, 0.1) is 5.92 Å². The zero-order chi connectivity index (χ0) is 13.7. The number of carbonyl (C=O) groups excluding carboxylic acids is 1. The highest BCUT2D eigenvalue weighted by Gasteiger charge is 2.15. The zero-order valence-electron chi connectivity index (χ0n) is 11.1. The van der Waals surface area contributed by atoms with Gasteiger partial charge < -0.3 is 15.0 Å². The monoisotopic (exact) mass is 272 g/mol. The second-order valence-corrected chi connectivity index (χ2v) is 5.31. The molecular weight excluding hydrogens is 252 g/mol. The van der Waals surface area contributed by atoms with Gasteiger partial charge in [-0.15, -0.1) is 0 Å². The van der Waals surface area contributed by atoms with Crippen LogP contribution in [0.25, 0.3) is 0 Å². The van der Waals surface area contributed by atoms with E-state index < -0.39 is 0 Å². The summed E-state index contributed by atoms with van der Waals surface area (Å²) in [5.41, 5.74) is 0.575. The summed E-state index contributed by atoms with van der Waals surface area (Å²) in [5, 5.41) is 12.2. The Bertz CT molecular complexity index is 402. The van der Waals surface area contributed by atoms with Gasteiger partial charge >= 0.3 is 0 Å². The number of amides is 1. The van der Waals surface area contributed by atoms with E-state index in [9.17, 15) is 4.79 Å². The predicted octanol–water partition coefficient (Wildman–Crippen LogP) is 2.47. The number of aromatic nitrogens is 1. The first-order valence-electron chi connectivity index (χ1n) is 6.22. The van der Waals surface area contributed by atoms with Gasteiger partial charge in [0.2, 0.25) is 0 Å². The van der Waals surface area contributed by atoms with Crippen molar-refractivity contribution in [2.75, 3.05) is 13.2 Å². The van der Waals surface area contributed by atoms with Crippen LogP contribution in [-0.4, -0.2) is 28.7 Å².